The molecular formula is C27H26FN5O3S. The second-order valence-corrected chi connectivity index (χ2v) is 9.21. The fraction of sp³-hybridized carbons (Fsp3) is 0.148. The summed E-state index contributed by atoms with van der Waals surface area (Å²) in [7, 11) is 1.87. The fourth-order valence-electron chi connectivity index (χ4n) is 3.80. The number of hydrogen-bond acceptors (Lipinski definition) is 6. The van der Waals surface area contributed by atoms with Crippen molar-refractivity contribution in [3.8, 4) is 0 Å². The first kappa shape index (κ1) is 25.9. The van der Waals surface area contributed by atoms with Gasteiger partial charge in [0, 0.05) is 37.5 Å². The van der Waals surface area contributed by atoms with Gasteiger partial charge in [0.15, 0.2) is 0 Å². The Hall–Kier alpha value is -4.15. The first-order chi connectivity index (χ1) is 17.8. The van der Waals surface area contributed by atoms with E-state index < -0.39 is 11.3 Å². The summed E-state index contributed by atoms with van der Waals surface area (Å²) in [4.78, 5) is 23.2. The SMILES string of the molecule is Cc1ccc(F)c(CC(=O)Cc2ccc(N(C)c3ccnc(Nc4cccc(NS(=O)O)c4)n3)cc2)c1. The Kier molecular flexibility index (Phi) is 8.22. The van der Waals surface area contributed by atoms with Crippen LogP contribution in [0.15, 0.2) is 79.0 Å². The Morgan fingerprint density at radius 2 is 1.78 bits per heavy atom. The number of nitrogens with one attached hydrogen (secondary N) is 2. The van der Waals surface area contributed by atoms with Gasteiger partial charge in [0.05, 0.1) is 5.69 Å². The zero-order valence-corrected chi connectivity index (χ0v) is 21.1. The molecule has 0 aliphatic heterocycles. The molecule has 4 rings (SSSR count). The van der Waals surface area contributed by atoms with Crippen molar-refractivity contribution in [3.63, 3.8) is 0 Å². The predicted octanol–water partition coefficient (Wildman–Crippen LogP) is 5.34. The summed E-state index contributed by atoms with van der Waals surface area (Å²) in [5.74, 6) is 0.585. The molecule has 0 spiro atoms. The van der Waals surface area contributed by atoms with Crippen LogP contribution in [0.25, 0.3) is 0 Å². The summed E-state index contributed by atoms with van der Waals surface area (Å²) in [6.45, 7) is 1.87. The lowest BCUT2D eigenvalue weighted by Gasteiger charge is -2.19. The number of Topliss-reactive ketones (excluding diaryl/α,β-unsaturated/α-hetero) is 1. The summed E-state index contributed by atoms with van der Waals surface area (Å²) in [6.07, 6.45) is 1.91. The molecule has 8 nitrogen and oxygen atoms in total. The van der Waals surface area contributed by atoms with Gasteiger partial charge in [-0.25, -0.2) is 13.6 Å². The van der Waals surface area contributed by atoms with Crippen LogP contribution in [0.5, 0.6) is 0 Å². The van der Waals surface area contributed by atoms with Gasteiger partial charge >= 0.3 is 0 Å². The predicted molar refractivity (Wildman–Crippen MR) is 144 cm³/mol. The standard InChI is InChI=1S/C27H26FN5O3S/c1-18-6-11-25(28)20(14-18)16-24(34)15-19-7-9-23(10-8-19)33(2)26-12-13-29-27(31-26)30-21-4-3-5-22(17-21)32-37(35)36/h3-14,17,32H,15-16H2,1-2H3,(H,35,36)(H,29,30,31). The topological polar surface area (TPSA) is 107 Å². The Labute approximate surface area is 217 Å². The number of halogens is 1. The minimum atomic E-state index is -2.17. The number of ketones is 1. The largest absolute Gasteiger partial charge is 0.329 e. The molecule has 10 heteroatoms. The number of rotatable bonds is 10. The van der Waals surface area contributed by atoms with Crippen molar-refractivity contribution < 1.29 is 17.9 Å². The third-order valence-electron chi connectivity index (χ3n) is 5.62. The summed E-state index contributed by atoms with van der Waals surface area (Å²) < 4.78 is 36.4. The summed E-state index contributed by atoms with van der Waals surface area (Å²) in [5, 5.41) is 3.09. The van der Waals surface area contributed by atoms with Crippen LogP contribution < -0.4 is 14.9 Å². The van der Waals surface area contributed by atoms with Gasteiger partial charge in [0.2, 0.25) is 5.95 Å². The zero-order chi connectivity index (χ0) is 26.4. The maximum atomic E-state index is 14.0. The van der Waals surface area contributed by atoms with Gasteiger partial charge in [-0.15, -0.1) is 0 Å². The van der Waals surface area contributed by atoms with Crippen molar-refractivity contribution in [1.29, 1.82) is 0 Å². The third-order valence-corrected chi connectivity index (χ3v) is 6.03. The number of hydrogen-bond donors (Lipinski definition) is 3. The Morgan fingerprint density at radius 1 is 1.03 bits per heavy atom. The lowest BCUT2D eigenvalue weighted by Crippen LogP contribution is -2.13. The molecular weight excluding hydrogens is 493 g/mol. The van der Waals surface area contributed by atoms with Crippen molar-refractivity contribution in [3.05, 3.63) is 102 Å². The van der Waals surface area contributed by atoms with Gasteiger partial charge in [-0.2, -0.15) is 4.98 Å². The Balaban J connectivity index is 1.40. The van der Waals surface area contributed by atoms with Gasteiger partial charge in [0.25, 0.3) is 11.3 Å². The van der Waals surface area contributed by atoms with Crippen LogP contribution in [0, 0.1) is 12.7 Å². The van der Waals surface area contributed by atoms with Gasteiger partial charge in [0.1, 0.15) is 17.4 Å². The van der Waals surface area contributed by atoms with Crippen molar-refractivity contribution in [2.45, 2.75) is 19.8 Å². The van der Waals surface area contributed by atoms with Gasteiger partial charge in [-0.05, 0) is 60.5 Å². The van der Waals surface area contributed by atoms with Gasteiger partial charge < -0.3 is 10.2 Å². The molecule has 0 saturated heterocycles. The molecule has 0 aliphatic carbocycles. The van der Waals surface area contributed by atoms with Crippen LogP contribution in [-0.2, 0) is 28.9 Å². The molecule has 3 N–H and O–H groups in total. The first-order valence-corrected chi connectivity index (χ1v) is 12.5. The van der Waals surface area contributed by atoms with Crippen LogP contribution in [0.4, 0.5) is 33.2 Å². The number of carbonyl (C=O) groups is 1. The van der Waals surface area contributed by atoms with Crippen molar-refractivity contribution in [1.82, 2.24) is 9.97 Å². The number of aromatic nitrogens is 2. The number of carbonyl (C=O) groups excluding carboxylic acids is 1. The van der Waals surface area contributed by atoms with E-state index in [2.05, 4.69) is 20.0 Å². The molecule has 1 unspecified atom stereocenters. The van der Waals surface area contributed by atoms with Crippen LogP contribution in [0.2, 0.25) is 0 Å². The lowest BCUT2D eigenvalue weighted by atomic mass is 10.0. The van der Waals surface area contributed by atoms with Crippen LogP contribution in [0.3, 0.4) is 0 Å². The Bertz CT molecular complexity index is 1430. The van der Waals surface area contributed by atoms with E-state index in [0.717, 1.165) is 16.8 Å². The van der Waals surface area contributed by atoms with E-state index >= 15 is 0 Å². The molecule has 1 atom stereocenters. The number of anilines is 5. The summed E-state index contributed by atoms with van der Waals surface area (Å²) >= 11 is -2.17. The van der Waals surface area contributed by atoms with E-state index in [1.54, 1.807) is 48.7 Å². The molecule has 4 aromatic rings. The first-order valence-electron chi connectivity index (χ1n) is 11.4. The van der Waals surface area contributed by atoms with Gasteiger partial charge in [-0.1, -0.05) is 35.9 Å². The molecule has 0 fully saturated rings. The highest BCUT2D eigenvalue weighted by molar-refractivity contribution is 7.80. The molecule has 1 heterocycles. The van der Waals surface area contributed by atoms with Crippen molar-refractivity contribution in [2.75, 3.05) is 22.0 Å². The van der Waals surface area contributed by atoms with Crippen molar-refractivity contribution in [2.24, 2.45) is 0 Å². The van der Waals surface area contributed by atoms with E-state index in [9.17, 15) is 13.4 Å². The smallest absolute Gasteiger partial charge is 0.259 e. The minimum absolute atomic E-state index is 0.0541. The molecule has 0 radical (unpaired) electrons. The second kappa shape index (κ2) is 11.7. The minimum Gasteiger partial charge on any atom is -0.329 e. The van der Waals surface area contributed by atoms with Crippen LogP contribution in [0.1, 0.15) is 16.7 Å². The molecule has 0 bridgehead atoms. The molecule has 3 aromatic carbocycles. The molecule has 0 aliphatic rings. The highest BCUT2D eigenvalue weighted by atomic mass is 32.2. The number of aryl methyl sites for hydroxylation is 1. The third kappa shape index (κ3) is 7.18. The lowest BCUT2D eigenvalue weighted by molar-refractivity contribution is -0.117. The molecule has 190 valence electrons. The van der Waals surface area contributed by atoms with Gasteiger partial charge in [-0.3, -0.25) is 14.1 Å². The number of benzene rings is 3. The average molecular weight is 520 g/mol. The van der Waals surface area contributed by atoms with E-state index in [-0.39, 0.29) is 24.4 Å². The summed E-state index contributed by atoms with van der Waals surface area (Å²) in [6, 6.07) is 21.0. The molecule has 37 heavy (non-hydrogen) atoms. The maximum Gasteiger partial charge on any atom is 0.259 e. The number of nitrogens with zero attached hydrogens (tertiary/aromatic N) is 3. The van der Waals surface area contributed by atoms with E-state index in [4.69, 9.17) is 4.55 Å². The van der Waals surface area contributed by atoms with E-state index in [1.165, 1.54) is 6.07 Å². The zero-order valence-electron chi connectivity index (χ0n) is 20.3. The average Bonchev–Trinajstić information content (AvgIpc) is 2.86. The monoisotopic (exact) mass is 519 g/mol. The highest BCUT2D eigenvalue weighted by Gasteiger charge is 2.12. The van der Waals surface area contributed by atoms with E-state index in [0.29, 0.717) is 28.7 Å². The highest BCUT2D eigenvalue weighted by Crippen LogP contribution is 2.24. The quantitative estimate of drug-likeness (QED) is 0.243. The Morgan fingerprint density at radius 3 is 2.54 bits per heavy atom. The van der Waals surface area contributed by atoms with Crippen LogP contribution >= 0.6 is 0 Å². The van der Waals surface area contributed by atoms with Crippen molar-refractivity contribution >= 4 is 45.9 Å². The van der Waals surface area contributed by atoms with Crippen LogP contribution in [-0.4, -0.2) is 31.6 Å². The van der Waals surface area contributed by atoms with E-state index in [1.807, 2.05) is 43.1 Å². The normalized spacial score (nSPS) is 11.6. The second-order valence-electron chi connectivity index (χ2n) is 8.51. The molecule has 1 aromatic heterocycles. The molecule has 0 amide bonds. The maximum absolute atomic E-state index is 14.0. The fourth-order valence-corrected chi connectivity index (χ4v) is 4.13. The summed E-state index contributed by atoms with van der Waals surface area (Å²) in [5.41, 5.74) is 4.17. The molecule has 0 saturated carbocycles.